The third-order valence-corrected chi connectivity index (χ3v) is 5.07. The molecule has 0 atom stereocenters. The lowest BCUT2D eigenvalue weighted by atomic mass is 9.96. The summed E-state index contributed by atoms with van der Waals surface area (Å²) in [6.45, 7) is 0.494. The standard InChI is InChI=1S/C22H16N6O5/c23-10-15(12-29)21(30)25-16-2-1-3-17(9-16)27-11-19(20(26-27)28(32)33)13-4-5-18-14(8-13)6-7-24-22(18)31/h1-5,8-9,11-12,29H,6-7H2,(H,24,31)(H,25,30). The van der Waals surface area contributed by atoms with E-state index >= 15 is 0 Å². The van der Waals surface area contributed by atoms with E-state index in [0.717, 1.165) is 5.56 Å². The predicted molar refractivity (Wildman–Crippen MR) is 117 cm³/mol. The van der Waals surface area contributed by atoms with Gasteiger partial charge in [-0.05, 0) is 52.8 Å². The molecule has 0 saturated carbocycles. The van der Waals surface area contributed by atoms with E-state index in [2.05, 4.69) is 15.7 Å². The van der Waals surface area contributed by atoms with Crippen molar-refractivity contribution in [1.82, 2.24) is 15.1 Å². The van der Waals surface area contributed by atoms with Crippen molar-refractivity contribution >= 4 is 23.3 Å². The van der Waals surface area contributed by atoms with E-state index in [4.69, 9.17) is 10.4 Å². The number of hydrogen-bond acceptors (Lipinski definition) is 7. The van der Waals surface area contributed by atoms with Crippen LogP contribution in [-0.2, 0) is 11.2 Å². The maximum Gasteiger partial charge on any atom is 0.398 e. The Balaban J connectivity index is 1.71. The molecule has 2 amide bonds. The number of anilines is 1. The lowest BCUT2D eigenvalue weighted by Gasteiger charge is -2.16. The minimum Gasteiger partial charge on any atom is -0.514 e. The van der Waals surface area contributed by atoms with Crippen LogP contribution in [0.3, 0.4) is 0 Å². The fourth-order valence-corrected chi connectivity index (χ4v) is 3.49. The molecule has 1 aliphatic heterocycles. The molecular weight excluding hydrogens is 428 g/mol. The second kappa shape index (κ2) is 8.64. The molecular formula is C22H16N6O5. The van der Waals surface area contributed by atoms with Crippen LogP contribution in [0.15, 0.2) is 60.5 Å². The van der Waals surface area contributed by atoms with Gasteiger partial charge in [-0.2, -0.15) is 5.26 Å². The number of hydrogen-bond donors (Lipinski definition) is 3. The summed E-state index contributed by atoms with van der Waals surface area (Å²) in [6.07, 6.45) is 2.52. The smallest absolute Gasteiger partial charge is 0.398 e. The van der Waals surface area contributed by atoms with Crippen LogP contribution in [0.5, 0.6) is 0 Å². The Bertz CT molecular complexity index is 1370. The number of amides is 2. The van der Waals surface area contributed by atoms with Gasteiger partial charge in [-0.15, -0.1) is 4.68 Å². The zero-order valence-corrected chi connectivity index (χ0v) is 17.0. The number of nitrogens with zero attached hydrogens (tertiary/aromatic N) is 4. The van der Waals surface area contributed by atoms with Gasteiger partial charge in [0.1, 0.15) is 17.9 Å². The maximum atomic E-state index is 12.0. The zero-order valence-electron chi connectivity index (χ0n) is 17.0. The largest absolute Gasteiger partial charge is 0.514 e. The third-order valence-electron chi connectivity index (χ3n) is 5.07. The molecule has 11 nitrogen and oxygen atoms in total. The minimum absolute atomic E-state index is 0.178. The summed E-state index contributed by atoms with van der Waals surface area (Å²) in [5.74, 6) is -1.34. The van der Waals surface area contributed by atoms with Crippen LogP contribution in [0.4, 0.5) is 11.5 Å². The van der Waals surface area contributed by atoms with Crippen molar-refractivity contribution in [2.45, 2.75) is 6.42 Å². The van der Waals surface area contributed by atoms with Crippen molar-refractivity contribution in [3.63, 3.8) is 0 Å². The first-order valence-electron chi connectivity index (χ1n) is 9.73. The number of nitriles is 1. The van der Waals surface area contributed by atoms with Crippen LogP contribution in [0, 0.1) is 21.4 Å². The number of fused-ring (bicyclic) bond motifs is 1. The van der Waals surface area contributed by atoms with E-state index in [1.807, 2.05) is 0 Å². The van der Waals surface area contributed by atoms with Crippen LogP contribution < -0.4 is 10.6 Å². The number of benzene rings is 2. The lowest BCUT2D eigenvalue weighted by molar-refractivity contribution is -0.389. The molecule has 0 bridgehead atoms. The minimum atomic E-state index is -0.803. The average molecular weight is 444 g/mol. The fraction of sp³-hybridized carbons (Fsp3) is 0.0909. The van der Waals surface area contributed by atoms with Crippen molar-refractivity contribution in [2.75, 3.05) is 11.9 Å². The van der Waals surface area contributed by atoms with E-state index in [9.17, 15) is 19.7 Å². The van der Waals surface area contributed by atoms with Crippen molar-refractivity contribution in [2.24, 2.45) is 0 Å². The Kier molecular flexibility index (Phi) is 5.56. The van der Waals surface area contributed by atoms with Gasteiger partial charge in [-0.1, -0.05) is 12.1 Å². The van der Waals surface area contributed by atoms with E-state index in [0.29, 0.717) is 41.7 Å². The van der Waals surface area contributed by atoms with Crippen molar-refractivity contribution < 1.29 is 19.6 Å². The summed E-state index contributed by atoms with van der Waals surface area (Å²) in [4.78, 5) is 35.1. The van der Waals surface area contributed by atoms with E-state index in [1.54, 1.807) is 42.5 Å². The molecule has 33 heavy (non-hydrogen) atoms. The van der Waals surface area contributed by atoms with Gasteiger partial charge in [0.25, 0.3) is 11.8 Å². The SMILES string of the molecule is N#CC(=CO)C(=O)Nc1cccc(-n2cc(-c3ccc4c(c3)CCNC4=O)c([N+](=O)[O-])n2)c1. The number of carbonyl (C=O) groups excluding carboxylic acids is 2. The van der Waals surface area contributed by atoms with Gasteiger partial charge in [-0.25, -0.2) is 0 Å². The van der Waals surface area contributed by atoms with Crippen molar-refractivity contribution in [3.05, 3.63) is 81.7 Å². The molecule has 11 heteroatoms. The van der Waals surface area contributed by atoms with Gasteiger partial charge in [0.2, 0.25) is 0 Å². The van der Waals surface area contributed by atoms with E-state index < -0.39 is 16.4 Å². The van der Waals surface area contributed by atoms with Crippen LogP contribution in [0.25, 0.3) is 16.8 Å². The Morgan fingerprint density at radius 3 is 2.85 bits per heavy atom. The first-order chi connectivity index (χ1) is 15.9. The molecule has 2 aromatic carbocycles. The third kappa shape index (κ3) is 4.13. The van der Waals surface area contributed by atoms with Crippen LogP contribution in [0.2, 0.25) is 0 Å². The Hall–Kier alpha value is -4.98. The quantitative estimate of drug-likeness (QED) is 0.179. The van der Waals surface area contributed by atoms with Crippen LogP contribution >= 0.6 is 0 Å². The van der Waals surface area contributed by atoms with Gasteiger partial charge < -0.3 is 25.9 Å². The van der Waals surface area contributed by atoms with Gasteiger partial charge in [0.15, 0.2) is 5.57 Å². The highest BCUT2D eigenvalue weighted by atomic mass is 16.6. The average Bonchev–Trinajstić information content (AvgIpc) is 3.26. The van der Waals surface area contributed by atoms with E-state index in [1.165, 1.54) is 16.9 Å². The molecule has 0 saturated heterocycles. The van der Waals surface area contributed by atoms with Crippen molar-refractivity contribution in [1.29, 1.82) is 5.26 Å². The number of rotatable bonds is 5. The second-order valence-electron chi connectivity index (χ2n) is 7.10. The molecule has 0 spiro atoms. The van der Waals surface area contributed by atoms with Gasteiger partial charge in [-0.3, -0.25) is 9.59 Å². The summed E-state index contributed by atoms with van der Waals surface area (Å²) in [5, 5.41) is 38.8. The van der Waals surface area contributed by atoms with Gasteiger partial charge in [0, 0.05) is 17.8 Å². The van der Waals surface area contributed by atoms with Crippen molar-refractivity contribution in [3.8, 4) is 22.9 Å². The zero-order chi connectivity index (χ0) is 23.5. The highest BCUT2D eigenvalue weighted by molar-refractivity contribution is 6.06. The second-order valence-corrected chi connectivity index (χ2v) is 7.10. The van der Waals surface area contributed by atoms with E-state index in [-0.39, 0.29) is 17.3 Å². The molecule has 1 aliphatic rings. The normalized spacial score (nSPS) is 12.9. The molecule has 0 unspecified atom stereocenters. The van der Waals surface area contributed by atoms with Crippen LogP contribution in [0.1, 0.15) is 15.9 Å². The number of aromatic nitrogens is 2. The molecule has 164 valence electrons. The summed E-state index contributed by atoms with van der Waals surface area (Å²) >= 11 is 0. The Labute approximate surface area is 186 Å². The monoisotopic (exact) mass is 444 g/mol. The number of nitro groups is 1. The summed E-state index contributed by atoms with van der Waals surface area (Å²) in [6, 6.07) is 12.9. The molecule has 1 aromatic heterocycles. The van der Waals surface area contributed by atoms with Crippen LogP contribution in [-0.4, -0.2) is 38.2 Å². The van der Waals surface area contributed by atoms with Gasteiger partial charge >= 0.3 is 5.82 Å². The highest BCUT2D eigenvalue weighted by Gasteiger charge is 2.25. The van der Waals surface area contributed by atoms with Gasteiger partial charge in [0.05, 0.1) is 17.0 Å². The highest BCUT2D eigenvalue weighted by Crippen LogP contribution is 2.32. The maximum absolute atomic E-state index is 12.0. The molecule has 0 fully saturated rings. The first kappa shape index (κ1) is 21.3. The topological polar surface area (TPSA) is 163 Å². The predicted octanol–water partition coefficient (Wildman–Crippen LogP) is 2.64. The fourth-order valence-electron chi connectivity index (χ4n) is 3.49. The molecule has 0 aliphatic carbocycles. The molecule has 3 N–H and O–H groups in total. The lowest BCUT2D eigenvalue weighted by Crippen LogP contribution is -2.31. The molecule has 4 rings (SSSR count). The molecule has 0 radical (unpaired) electrons. The number of nitrogens with one attached hydrogen (secondary N) is 2. The Morgan fingerprint density at radius 2 is 2.12 bits per heavy atom. The number of carbonyl (C=O) groups is 2. The first-order valence-corrected chi connectivity index (χ1v) is 9.73. The Morgan fingerprint density at radius 1 is 1.30 bits per heavy atom. The molecule has 2 heterocycles. The number of aliphatic hydroxyl groups is 1. The number of aliphatic hydroxyl groups excluding tert-OH is 1. The summed E-state index contributed by atoms with van der Waals surface area (Å²) in [7, 11) is 0. The molecule has 3 aromatic rings. The summed E-state index contributed by atoms with van der Waals surface area (Å²) < 4.78 is 1.31. The summed E-state index contributed by atoms with van der Waals surface area (Å²) in [5.41, 5.74) is 2.41.